The molecule has 4 aromatic rings. The number of fused-ring (bicyclic) bond motifs is 3. The van der Waals surface area contributed by atoms with Gasteiger partial charge in [-0.2, -0.15) is 0 Å². The van der Waals surface area contributed by atoms with Crippen LogP contribution in [0.25, 0.3) is 6.08 Å². The van der Waals surface area contributed by atoms with E-state index >= 15 is 4.79 Å². The topological polar surface area (TPSA) is 144 Å². The van der Waals surface area contributed by atoms with Gasteiger partial charge >= 0.3 is 0 Å². The second-order valence-corrected chi connectivity index (χ2v) is 11.8. The summed E-state index contributed by atoms with van der Waals surface area (Å²) in [7, 11) is 0. The van der Waals surface area contributed by atoms with Crippen LogP contribution in [0.2, 0.25) is 0 Å². The lowest BCUT2D eigenvalue weighted by Gasteiger charge is -2.47. The second kappa shape index (κ2) is 10.6. The monoisotopic (exact) mass is 600 g/mol. The first kappa shape index (κ1) is 28.3. The zero-order valence-electron chi connectivity index (χ0n) is 24.0. The van der Waals surface area contributed by atoms with Crippen molar-refractivity contribution < 1.29 is 19.4 Å². The van der Waals surface area contributed by atoms with Crippen molar-refractivity contribution in [3.63, 3.8) is 0 Å². The Hall–Kier alpha value is -5.48. The lowest BCUT2D eigenvalue weighted by atomic mass is 9.52. The zero-order chi connectivity index (χ0) is 31.3. The van der Waals surface area contributed by atoms with Crippen LogP contribution >= 0.6 is 0 Å². The number of non-ortho nitro benzene ring substituents is 2. The first-order valence-electron chi connectivity index (χ1n) is 14.7. The molecule has 0 aromatic heterocycles. The third kappa shape index (κ3) is 4.21. The Morgan fingerprint density at radius 1 is 0.756 bits per heavy atom. The normalized spacial score (nSPS) is 26.3. The Kier molecular flexibility index (Phi) is 6.67. The van der Waals surface area contributed by atoms with Crippen molar-refractivity contribution in [3.05, 3.63) is 151 Å². The average Bonchev–Trinajstić information content (AvgIpc) is 3.52. The number of rotatable bonds is 5. The summed E-state index contributed by atoms with van der Waals surface area (Å²) in [5, 5.41) is 29.5. The Morgan fingerprint density at radius 2 is 1.38 bits per heavy atom. The lowest BCUT2D eigenvalue weighted by molar-refractivity contribution is -0.385. The molecule has 2 heterocycles. The van der Waals surface area contributed by atoms with Crippen LogP contribution in [0.4, 0.5) is 17.1 Å². The van der Waals surface area contributed by atoms with Gasteiger partial charge in [-0.15, -0.1) is 0 Å². The maximum atomic E-state index is 15.3. The van der Waals surface area contributed by atoms with Gasteiger partial charge in [0.2, 0.25) is 5.91 Å². The largest absolute Gasteiger partial charge is 0.324 e. The average molecular weight is 601 g/mol. The minimum Gasteiger partial charge on any atom is -0.324 e. The number of Topliss-reactive ketones (excluding diaryl/α,β-unsaturated/α-hetero) is 1. The number of anilines is 1. The molecule has 1 aliphatic carbocycles. The first-order chi connectivity index (χ1) is 21.8. The number of amides is 1. The van der Waals surface area contributed by atoms with E-state index < -0.39 is 32.8 Å². The van der Waals surface area contributed by atoms with Crippen molar-refractivity contribution in [1.82, 2.24) is 5.32 Å². The van der Waals surface area contributed by atoms with Crippen LogP contribution in [-0.4, -0.2) is 21.5 Å². The molecule has 2 spiro atoms. The van der Waals surface area contributed by atoms with Gasteiger partial charge in [-0.05, 0) is 65.8 Å². The Bertz CT molecular complexity index is 1890. The molecule has 1 amide bonds. The fourth-order valence-electron chi connectivity index (χ4n) is 7.78. The molecule has 10 nitrogen and oxygen atoms in total. The van der Waals surface area contributed by atoms with E-state index in [9.17, 15) is 25.0 Å². The molecule has 2 N–H and O–H groups in total. The molecule has 224 valence electrons. The van der Waals surface area contributed by atoms with Crippen molar-refractivity contribution in [2.45, 2.75) is 36.8 Å². The van der Waals surface area contributed by atoms with Crippen LogP contribution in [-0.2, 0) is 15.1 Å². The maximum Gasteiger partial charge on any atom is 0.269 e. The summed E-state index contributed by atoms with van der Waals surface area (Å²) >= 11 is 0. The zero-order valence-corrected chi connectivity index (χ0v) is 24.0. The van der Waals surface area contributed by atoms with E-state index in [1.165, 1.54) is 24.3 Å². The van der Waals surface area contributed by atoms with Crippen molar-refractivity contribution >= 4 is 34.8 Å². The van der Waals surface area contributed by atoms with Gasteiger partial charge in [0, 0.05) is 47.5 Å². The van der Waals surface area contributed by atoms with Crippen molar-refractivity contribution in [2.24, 2.45) is 5.41 Å². The van der Waals surface area contributed by atoms with Crippen LogP contribution in [0.15, 0.2) is 109 Å². The Balaban J connectivity index is 1.48. The summed E-state index contributed by atoms with van der Waals surface area (Å²) in [4.78, 5) is 51.6. The number of nitro groups is 2. The van der Waals surface area contributed by atoms with E-state index in [4.69, 9.17) is 0 Å². The van der Waals surface area contributed by atoms with Crippen LogP contribution < -0.4 is 10.6 Å². The molecule has 1 saturated heterocycles. The van der Waals surface area contributed by atoms with E-state index in [2.05, 4.69) is 10.6 Å². The van der Waals surface area contributed by atoms with Gasteiger partial charge < -0.3 is 5.32 Å². The van der Waals surface area contributed by atoms with E-state index in [-0.39, 0.29) is 23.1 Å². The summed E-state index contributed by atoms with van der Waals surface area (Å²) in [6.07, 6.45) is 3.24. The summed E-state index contributed by atoms with van der Waals surface area (Å²) in [6, 6.07) is 28.9. The number of benzene rings is 4. The van der Waals surface area contributed by atoms with E-state index in [1.807, 2.05) is 54.6 Å². The first-order valence-corrected chi connectivity index (χ1v) is 14.7. The number of hydrogen-bond acceptors (Lipinski definition) is 7. The van der Waals surface area contributed by atoms with E-state index in [0.717, 1.165) is 5.56 Å². The summed E-state index contributed by atoms with van der Waals surface area (Å²) < 4.78 is 0. The number of carbonyl (C=O) groups excluding carboxylic acids is 2. The number of para-hydroxylation sites is 1. The number of hydrogen-bond donors (Lipinski definition) is 2. The summed E-state index contributed by atoms with van der Waals surface area (Å²) in [5.41, 5.74) is 1.20. The summed E-state index contributed by atoms with van der Waals surface area (Å²) in [5.74, 6) is -1.09. The molecule has 4 aromatic carbocycles. The molecule has 10 heteroatoms. The smallest absolute Gasteiger partial charge is 0.269 e. The number of nitrogens with one attached hydrogen (secondary N) is 2. The minimum atomic E-state index is -1.44. The fraction of sp³-hybridized carbons (Fsp3) is 0.200. The molecular formula is C35H28N4O6. The van der Waals surface area contributed by atoms with Crippen LogP contribution in [0.3, 0.4) is 0 Å². The predicted octanol–water partition coefficient (Wildman–Crippen LogP) is 6.60. The molecule has 1 saturated carbocycles. The number of carbonyl (C=O) groups is 2. The molecular weight excluding hydrogens is 572 g/mol. The molecule has 0 radical (unpaired) electrons. The molecule has 4 atom stereocenters. The van der Waals surface area contributed by atoms with E-state index in [1.54, 1.807) is 30.3 Å². The highest BCUT2D eigenvalue weighted by molar-refractivity contribution is 6.15. The van der Waals surface area contributed by atoms with E-state index in [0.29, 0.717) is 47.2 Å². The number of ketones is 1. The molecule has 2 aliphatic heterocycles. The number of nitrogens with zero attached hydrogens (tertiary/aromatic N) is 2. The molecule has 0 bridgehead atoms. The third-order valence-electron chi connectivity index (χ3n) is 9.61. The molecule has 2 fully saturated rings. The third-order valence-corrected chi connectivity index (χ3v) is 9.61. The van der Waals surface area contributed by atoms with Crippen LogP contribution in [0.5, 0.6) is 0 Å². The lowest BCUT2D eigenvalue weighted by Crippen LogP contribution is -2.59. The number of allylic oxidation sites excluding steroid dienone is 1. The van der Waals surface area contributed by atoms with Gasteiger partial charge in [0.15, 0.2) is 5.78 Å². The van der Waals surface area contributed by atoms with Gasteiger partial charge in [-0.3, -0.25) is 35.1 Å². The Labute approximate surface area is 258 Å². The standard InChI is InChI=1S/C35H28N4O6/c40-32-25(21-22-12-16-26(17-13-22)38(42)43)9-6-20-34(32)30(23-14-18-27(19-15-23)39(44)45)31(24-7-2-1-3-8-24)37-35(34)28-10-4-5-11-29(28)36-33(35)41/h1-5,7-8,10-19,21,30-31,37H,6,9,20H2,(H,36,41)/b25-21-/t30-,31+,34-,35+/m1/s1. The van der Waals surface area contributed by atoms with Crippen LogP contribution in [0.1, 0.15) is 53.5 Å². The highest BCUT2D eigenvalue weighted by Gasteiger charge is 2.74. The Morgan fingerprint density at radius 3 is 2.04 bits per heavy atom. The number of nitro benzene ring substituents is 2. The van der Waals surface area contributed by atoms with Gasteiger partial charge in [0.05, 0.1) is 15.3 Å². The molecule has 7 rings (SSSR count). The highest BCUT2D eigenvalue weighted by Crippen LogP contribution is 2.67. The van der Waals surface area contributed by atoms with Gasteiger partial charge in [0.1, 0.15) is 5.54 Å². The second-order valence-electron chi connectivity index (χ2n) is 11.8. The van der Waals surface area contributed by atoms with Gasteiger partial charge in [-0.1, -0.05) is 60.7 Å². The van der Waals surface area contributed by atoms with Gasteiger partial charge in [-0.25, -0.2) is 0 Å². The molecule has 0 unspecified atom stereocenters. The predicted molar refractivity (Wildman–Crippen MR) is 167 cm³/mol. The quantitative estimate of drug-likeness (QED) is 0.149. The van der Waals surface area contributed by atoms with Crippen molar-refractivity contribution in [1.29, 1.82) is 0 Å². The highest BCUT2D eigenvalue weighted by atomic mass is 16.6. The maximum absolute atomic E-state index is 15.3. The minimum absolute atomic E-state index is 0.0503. The van der Waals surface area contributed by atoms with Crippen molar-refractivity contribution in [2.75, 3.05) is 5.32 Å². The molecule has 45 heavy (non-hydrogen) atoms. The summed E-state index contributed by atoms with van der Waals surface area (Å²) in [6.45, 7) is 0. The van der Waals surface area contributed by atoms with Crippen molar-refractivity contribution in [3.8, 4) is 0 Å². The fourth-order valence-corrected chi connectivity index (χ4v) is 7.78. The SMILES string of the molecule is O=C1Nc2ccccc2[C@]12N[C@@H](c1ccccc1)[C@@H](c1ccc([N+](=O)[O-])cc1)[C@@]21CCC/C(=C/c2ccc([N+](=O)[O-])cc2)C1=O. The van der Waals surface area contributed by atoms with Crippen LogP contribution in [0, 0.1) is 25.6 Å². The molecule has 3 aliphatic rings. The van der Waals surface area contributed by atoms with Gasteiger partial charge in [0.25, 0.3) is 11.4 Å².